The molecule has 2 aromatic heterocycles. The van der Waals surface area contributed by atoms with Crippen molar-refractivity contribution in [2.24, 2.45) is 0 Å². The number of imidazole rings is 1. The van der Waals surface area contributed by atoms with Gasteiger partial charge in [-0.15, -0.1) is 0 Å². The third kappa shape index (κ3) is 2.92. The topological polar surface area (TPSA) is 78.3 Å². The van der Waals surface area contributed by atoms with Gasteiger partial charge in [0.05, 0.1) is 22.9 Å². The molecule has 3 heterocycles. The number of hydrogen-bond donors (Lipinski definition) is 1. The van der Waals surface area contributed by atoms with E-state index in [4.69, 9.17) is 9.47 Å². The van der Waals surface area contributed by atoms with E-state index in [9.17, 15) is 4.79 Å². The number of para-hydroxylation sites is 2. The van der Waals surface area contributed by atoms with E-state index in [0.717, 1.165) is 16.9 Å². The maximum atomic E-state index is 12.5. The minimum absolute atomic E-state index is 0.236. The number of amides is 1. The second-order valence-electron chi connectivity index (χ2n) is 6.32. The van der Waals surface area contributed by atoms with Crippen LogP contribution in [-0.4, -0.2) is 33.7 Å². The Labute approximate surface area is 160 Å². The van der Waals surface area contributed by atoms with Crippen molar-refractivity contribution >= 4 is 22.6 Å². The maximum Gasteiger partial charge on any atom is 0.255 e. The van der Waals surface area contributed by atoms with E-state index in [0.29, 0.717) is 36.0 Å². The van der Waals surface area contributed by atoms with Crippen LogP contribution in [0.2, 0.25) is 0 Å². The summed E-state index contributed by atoms with van der Waals surface area (Å²) in [7, 11) is 0. The van der Waals surface area contributed by atoms with E-state index in [1.54, 1.807) is 30.7 Å². The van der Waals surface area contributed by atoms with Crippen molar-refractivity contribution in [1.82, 2.24) is 14.5 Å². The van der Waals surface area contributed by atoms with Crippen molar-refractivity contribution in [1.29, 1.82) is 0 Å². The summed E-state index contributed by atoms with van der Waals surface area (Å²) < 4.78 is 12.9. The van der Waals surface area contributed by atoms with Crippen LogP contribution in [-0.2, 0) is 0 Å². The Kier molecular flexibility index (Phi) is 3.90. The quantitative estimate of drug-likeness (QED) is 0.596. The lowest BCUT2D eigenvalue weighted by atomic mass is 10.1. The number of aromatic nitrogens is 3. The highest BCUT2D eigenvalue weighted by atomic mass is 16.6. The van der Waals surface area contributed by atoms with Gasteiger partial charge in [-0.05, 0) is 42.5 Å². The summed E-state index contributed by atoms with van der Waals surface area (Å²) in [5.41, 5.74) is 2.98. The molecule has 0 saturated carbocycles. The summed E-state index contributed by atoms with van der Waals surface area (Å²) in [6, 6.07) is 16.6. The highest BCUT2D eigenvalue weighted by Gasteiger charge is 2.15. The lowest BCUT2D eigenvalue weighted by molar-refractivity contribution is 0.102. The van der Waals surface area contributed by atoms with Gasteiger partial charge in [0.2, 0.25) is 0 Å². The lowest BCUT2D eigenvalue weighted by Gasteiger charge is -2.18. The Hall–Kier alpha value is -3.87. The number of benzene rings is 2. The van der Waals surface area contributed by atoms with Gasteiger partial charge in [-0.2, -0.15) is 0 Å². The van der Waals surface area contributed by atoms with E-state index in [1.165, 1.54) is 0 Å². The van der Waals surface area contributed by atoms with Gasteiger partial charge < -0.3 is 14.8 Å². The number of ether oxygens (including phenoxy) is 2. The second kappa shape index (κ2) is 6.70. The van der Waals surface area contributed by atoms with Gasteiger partial charge in [-0.3, -0.25) is 9.36 Å². The minimum Gasteiger partial charge on any atom is -0.486 e. The number of fused-ring (bicyclic) bond motifs is 2. The standard InChI is InChI=1S/C21H16N4O3/c26-21(14-5-7-18-19(11-14)28-10-9-27-18)24-15-6-8-20(22-12-15)25-13-23-16-3-1-2-4-17(16)25/h1-8,11-13H,9-10H2,(H,24,26). The van der Waals surface area contributed by atoms with Crippen LogP contribution in [0.25, 0.3) is 16.9 Å². The molecule has 0 fully saturated rings. The average Bonchev–Trinajstić information content (AvgIpc) is 3.18. The fourth-order valence-electron chi connectivity index (χ4n) is 3.13. The van der Waals surface area contributed by atoms with E-state index in [1.807, 2.05) is 41.0 Å². The first-order valence-electron chi connectivity index (χ1n) is 8.87. The molecule has 0 spiro atoms. The number of anilines is 1. The average molecular weight is 372 g/mol. The first kappa shape index (κ1) is 16.3. The third-order valence-electron chi connectivity index (χ3n) is 4.51. The maximum absolute atomic E-state index is 12.5. The van der Waals surface area contributed by atoms with Crippen molar-refractivity contribution in [3.8, 4) is 17.3 Å². The number of nitrogens with one attached hydrogen (secondary N) is 1. The van der Waals surface area contributed by atoms with Gasteiger partial charge in [0.15, 0.2) is 11.5 Å². The molecule has 1 aliphatic heterocycles. The van der Waals surface area contributed by atoms with Crippen LogP contribution in [0.1, 0.15) is 10.4 Å². The van der Waals surface area contributed by atoms with E-state index in [2.05, 4.69) is 15.3 Å². The highest BCUT2D eigenvalue weighted by molar-refractivity contribution is 6.04. The van der Waals surface area contributed by atoms with Crippen LogP contribution in [0.5, 0.6) is 11.5 Å². The number of pyridine rings is 1. The fourth-order valence-corrected chi connectivity index (χ4v) is 3.13. The molecule has 0 bridgehead atoms. The molecule has 138 valence electrons. The molecule has 4 aromatic rings. The monoisotopic (exact) mass is 372 g/mol. The fraction of sp³-hybridized carbons (Fsp3) is 0.0952. The molecule has 0 unspecified atom stereocenters. The zero-order chi connectivity index (χ0) is 18.9. The van der Waals surface area contributed by atoms with Gasteiger partial charge in [-0.1, -0.05) is 12.1 Å². The van der Waals surface area contributed by atoms with Crippen molar-refractivity contribution in [2.45, 2.75) is 0 Å². The lowest BCUT2D eigenvalue weighted by Crippen LogP contribution is -2.17. The van der Waals surface area contributed by atoms with Crippen LogP contribution >= 0.6 is 0 Å². The number of hydrogen-bond acceptors (Lipinski definition) is 5. The van der Waals surface area contributed by atoms with Crippen LogP contribution in [0.15, 0.2) is 67.1 Å². The molecule has 0 saturated heterocycles. The minimum atomic E-state index is -0.236. The number of rotatable bonds is 3. The molecule has 0 atom stereocenters. The first-order valence-corrected chi connectivity index (χ1v) is 8.87. The summed E-state index contributed by atoms with van der Waals surface area (Å²) in [5, 5.41) is 2.85. The Balaban J connectivity index is 1.35. The summed E-state index contributed by atoms with van der Waals surface area (Å²) in [6.45, 7) is 0.995. The molecular formula is C21H16N4O3. The highest BCUT2D eigenvalue weighted by Crippen LogP contribution is 2.31. The molecule has 2 aromatic carbocycles. The zero-order valence-corrected chi connectivity index (χ0v) is 14.8. The Bertz CT molecular complexity index is 1170. The van der Waals surface area contributed by atoms with Gasteiger partial charge in [-0.25, -0.2) is 9.97 Å². The van der Waals surface area contributed by atoms with E-state index < -0.39 is 0 Å². The smallest absolute Gasteiger partial charge is 0.255 e. The normalized spacial score (nSPS) is 12.7. The predicted octanol–water partition coefficient (Wildman–Crippen LogP) is 3.44. The zero-order valence-electron chi connectivity index (χ0n) is 14.8. The van der Waals surface area contributed by atoms with Crippen LogP contribution < -0.4 is 14.8 Å². The Morgan fingerprint density at radius 2 is 1.82 bits per heavy atom. The van der Waals surface area contributed by atoms with Gasteiger partial charge >= 0.3 is 0 Å². The van der Waals surface area contributed by atoms with Crippen molar-refractivity contribution in [3.63, 3.8) is 0 Å². The van der Waals surface area contributed by atoms with Crippen LogP contribution in [0, 0.1) is 0 Å². The summed E-state index contributed by atoms with van der Waals surface area (Å²) in [6.07, 6.45) is 3.36. The molecule has 1 amide bonds. The van der Waals surface area contributed by atoms with E-state index in [-0.39, 0.29) is 5.91 Å². The van der Waals surface area contributed by atoms with Crippen molar-refractivity contribution in [3.05, 3.63) is 72.7 Å². The van der Waals surface area contributed by atoms with Crippen molar-refractivity contribution < 1.29 is 14.3 Å². The molecule has 0 aliphatic carbocycles. The first-order chi connectivity index (χ1) is 13.8. The summed E-state index contributed by atoms with van der Waals surface area (Å²) in [4.78, 5) is 21.4. The second-order valence-corrected chi connectivity index (χ2v) is 6.32. The SMILES string of the molecule is O=C(Nc1ccc(-n2cnc3ccccc32)nc1)c1ccc2c(c1)OCCO2. The molecular weight excluding hydrogens is 356 g/mol. The Morgan fingerprint density at radius 3 is 2.68 bits per heavy atom. The number of carbonyl (C=O) groups excluding carboxylic acids is 1. The van der Waals surface area contributed by atoms with Crippen LogP contribution in [0.4, 0.5) is 5.69 Å². The van der Waals surface area contributed by atoms with Gasteiger partial charge in [0.1, 0.15) is 25.4 Å². The van der Waals surface area contributed by atoms with E-state index >= 15 is 0 Å². The molecule has 7 heteroatoms. The third-order valence-corrected chi connectivity index (χ3v) is 4.51. The molecule has 7 nitrogen and oxygen atoms in total. The van der Waals surface area contributed by atoms with Crippen LogP contribution in [0.3, 0.4) is 0 Å². The molecule has 0 radical (unpaired) electrons. The summed E-state index contributed by atoms with van der Waals surface area (Å²) in [5.74, 6) is 1.73. The predicted molar refractivity (Wildman–Crippen MR) is 104 cm³/mol. The molecule has 1 N–H and O–H groups in total. The molecule has 28 heavy (non-hydrogen) atoms. The Morgan fingerprint density at radius 1 is 0.964 bits per heavy atom. The largest absolute Gasteiger partial charge is 0.486 e. The molecule has 1 aliphatic rings. The number of nitrogens with zero attached hydrogens (tertiary/aromatic N) is 3. The number of carbonyl (C=O) groups is 1. The van der Waals surface area contributed by atoms with Gasteiger partial charge in [0, 0.05) is 5.56 Å². The van der Waals surface area contributed by atoms with Gasteiger partial charge in [0.25, 0.3) is 5.91 Å². The molecule has 5 rings (SSSR count). The van der Waals surface area contributed by atoms with Crippen molar-refractivity contribution in [2.75, 3.05) is 18.5 Å². The summed E-state index contributed by atoms with van der Waals surface area (Å²) >= 11 is 0.